The summed E-state index contributed by atoms with van der Waals surface area (Å²) < 4.78 is 0.995. The zero-order valence-electron chi connectivity index (χ0n) is 10.4. The highest BCUT2D eigenvalue weighted by Crippen LogP contribution is 2.15. The van der Waals surface area contributed by atoms with Crippen LogP contribution in [0.25, 0.3) is 0 Å². The van der Waals surface area contributed by atoms with Crippen molar-refractivity contribution >= 4 is 39.0 Å². The largest absolute Gasteiger partial charge is 0.289 e. The van der Waals surface area contributed by atoms with Crippen LogP contribution in [0.15, 0.2) is 64.2 Å². The lowest BCUT2D eigenvalue weighted by Gasteiger charge is -2.08. The van der Waals surface area contributed by atoms with Crippen molar-refractivity contribution < 1.29 is 5.21 Å². The summed E-state index contributed by atoms with van der Waals surface area (Å²) in [7, 11) is 0. The van der Waals surface area contributed by atoms with Crippen molar-refractivity contribution in [3.63, 3.8) is 0 Å². The molecule has 0 spiro atoms. The molecule has 0 atom stereocenters. The number of hydrogen-bond donors (Lipinski definition) is 3. The highest BCUT2D eigenvalue weighted by Gasteiger charge is 2.07. The summed E-state index contributed by atoms with van der Waals surface area (Å²) >= 11 is 8.21. The zero-order valence-corrected chi connectivity index (χ0v) is 12.8. The summed E-state index contributed by atoms with van der Waals surface area (Å²) in [4.78, 5) is 0. The van der Waals surface area contributed by atoms with Crippen molar-refractivity contribution in [2.75, 3.05) is 0 Å². The maximum absolute atomic E-state index is 8.70. The van der Waals surface area contributed by atoms with Crippen molar-refractivity contribution in [2.45, 2.75) is 0 Å². The van der Waals surface area contributed by atoms with E-state index in [2.05, 4.69) is 26.5 Å². The van der Waals surface area contributed by atoms with Gasteiger partial charge in [0.25, 0.3) is 0 Å². The predicted molar refractivity (Wildman–Crippen MR) is 86.9 cm³/mol. The molecule has 3 N–H and O–H groups in total. The van der Waals surface area contributed by atoms with E-state index in [-0.39, 0.29) is 5.11 Å². The third kappa shape index (κ3) is 3.86. The lowest BCUT2D eigenvalue weighted by molar-refractivity contribution is 0.233. The van der Waals surface area contributed by atoms with E-state index in [1.807, 2.05) is 60.1 Å². The van der Waals surface area contributed by atoms with Crippen LogP contribution in [-0.2, 0) is 0 Å². The third-order valence-corrected chi connectivity index (χ3v) is 3.25. The van der Waals surface area contributed by atoms with Crippen molar-refractivity contribution in [3.05, 3.63) is 70.2 Å². The number of nitrogens with one attached hydrogen (secondary N) is 2. The Bertz CT molecular complexity index is 614. The molecule has 0 radical (unpaired) electrons. The Hall–Kier alpha value is -1.76. The smallest absolute Gasteiger partial charge is 0.211 e. The van der Waals surface area contributed by atoms with Crippen LogP contribution in [0.5, 0.6) is 0 Å². The zero-order chi connectivity index (χ0) is 14.4. The molecule has 0 unspecified atom stereocenters. The van der Waals surface area contributed by atoms with Crippen LogP contribution in [0.4, 0.5) is 0 Å². The molecule has 0 aliphatic carbocycles. The highest BCUT2D eigenvalue weighted by molar-refractivity contribution is 9.10. The molecule has 102 valence electrons. The Balaban J connectivity index is 2.39. The minimum atomic E-state index is 0.0375. The normalized spacial score (nSPS) is 11.0. The second kappa shape index (κ2) is 7.14. The van der Waals surface area contributed by atoms with Crippen molar-refractivity contribution in [3.8, 4) is 0 Å². The molecular weight excluding hydrogens is 338 g/mol. The molecule has 0 aliphatic rings. The first-order valence-corrected chi connectivity index (χ1v) is 7.00. The van der Waals surface area contributed by atoms with Crippen LogP contribution in [0, 0.1) is 0 Å². The summed E-state index contributed by atoms with van der Waals surface area (Å²) in [6.07, 6.45) is 0. The number of hydrazone groups is 1. The number of nitrogens with zero attached hydrogens (tertiary/aromatic N) is 1. The Morgan fingerprint density at radius 3 is 2.20 bits per heavy atom. The minimum absolute atomic E-state index is 0.0375. The summed E-state index contributed by atoms with van der Waals surface area (Å²) in [5, 5.41) is 13.0. The van der Waals surface area contributed by atoms with E-state index in [1.165, 1.54) is 0 Å². The minimum Gasteiger partial charge on any atom is -0.289 e. The highest BCUT2D eigenvalue weighted by atomic mass is 79.9. The van der Waals surface area contributed by atoms with Crippen molar-refractivity contribution in [1.82, 2.24) is 10.9 Å². The van der Waals surface area contributed by atoms with Gasteiger partial charge in [-0.15, -0.1) is 0 Å². The first kappa shape index (κ1) is 14.6. The summed E-state index contributed by atoms with van der Waals surface area (Å²) in [5.41, 5.74) is 7.05. The van der Waals surface area contributed by atoms with E-state index in [0.29, 0.717) is 0 Å². The Labute approximate surface area is 130 Å². The second-order valence-corrected chi connectivity index (χ2v) is 5.21. The van der Waals surface area contributed by atoms with Gasteiger partial charge >= 0.3 is 0 Å². The lowest BCUT2D eigenvalue weighted by Crippen LogP contribution is -2.30. The van der Waals surface area contributed by atoms with E-state index in [1.54, 1.807) is 0 Å². The summed E-state index contributed by atoms with van der Waals surface area (Å²) in [5.74, 6) is 0. The fourth-order valence-electron chi connectivity index (χ4n) is 1.63. The average Bonchev–Trinajstić information content (AvgIpc) is 2.50. The van der Waals surface area contributed by atoms with Crippen molar-refractivity contribution in [1.29, 1.82) is 0 Å². The molecule has 2 rings (SSSR count). The molecule has 0 bridgehead atoms. The molecule has 0 aliphatic heterocycles. The fraction of sp³-hybridized carbons (Fsp3) is 0. The van der Waals surface area contributed by atoms with Gasteiger partial charge in [-0.3, -0.25) is 10.6 Å². The van der Waals surface area contributed by atoms with Gasteiger partial charge in [-0.1, -0.05) is 58.4 Å². The molecule has 20 heavy (non-hydrogen) atoms. The van der Waals surface area contributed by atoms with Gasteiger partial charge < -0.3 is 0 Å². The molecule has 2 aromatic carbocycles. The topological polar surface area (TPSA) is 56.6 Å². The van der Waals surface area contributed by atoms with Gasteiger partial charge in [0, 0.05) is 15.6 Å². The first-order chi connectivity index (χ1) is 9.70. The van der Waals surface area contributed by atoms with Crippen LogP contribution >= 0.6 is 28.1 Å². The summed E-state index contributed by atoms with van der Waals surface area (Å²) in [6, 6.07) is 17.5. The number of benzene rings is 2. The van der Waals surface area contributed by atoms with E-state index in [0.717, 1.165) is 21.3 Å². The molecule has 0 aromatic heterocycles. The molecule has 4 nitrogen and oxygen atoms in total. The fourth-order valence-corrected chi connectivity index (χ4v) is 1.94. The maximum atomic E-state index is 8.70. The second-order valence-electron chi connectivity index (χ2n) is 3.89. The van der Waals surface area contributed by atoms with E-state index < -0.39 is 0 Å². The Morgan fingerprint density at radius 2 is 1.60 bits per heavy atom. The summed E-state index contributed by atoms with van der Waals surface area (Å²) in [6.45, 7) is 0. The first-order valence-electron chi connectivity index (χ1n) is 5.80. The van der Waals surface area contributed by atoms with Gasteiger partial charge in [0.15, 0.2) is 0 Å². The molecule has 0 fully saturated rings. The van der Waals surface area contributed by atoms with Gasteiger partial charge in [-0.25, -0.2) is 5.48 Å². The van der Waals surface area contributed by atoms with Crippen LogP contribution in [-0.4, -0.2) is 16.0 Å². The SMILES string of the molecule is ONC(=S)N/N=C(/c1ccccc1)c1ccc(Br)cc1. The Kier molecular flexibility index (Phi) is 5.23. The van der Waals surface area contributed by atoms with Crippen LogP contribution in [0.1, 0.15) is 11.1 Å². The molecule has 2 aromatic rings. The molecule has 0 saturated carbocycles. The third-order valence-electron chi connectivity index (χ3n) is 2.54. The number of hydroxylamine groups is 1. The van der Waals surface area contributed by atoms with Gasteiger partial charge in [0.1, 0.15) is 0 Å². The predicted octanol–water partition coefficient (Wildman–Crippen LogP) is 3.05. The number of rotatable bonds is 3. The van der Waals surface area contributed by atoms with E-state index in [9.17, 15) is 0 Å². The molecule has 0 amide bonds. The van der Waals surface area contributed by atoms with Crippen LogP contribution in [0.3, 0.4) is 0 Å². The number of thiocarbonyl (C=S) groups is 1. The standard InChI is InChI=1S/C14H12BrN3OS/c15-12-8-6-11(7-9-12)13(16-17-14(20)18-19)10-4-2-1-3-5-10/h1-9,19H,(H2,17,18,20)/b16-13-. The van der Waals surface area contributed by atoms with Gasteiger partial charge in [-0.05, 0) is 24.4 Å². The molecule has 0 saturated heterocycles. The molecule has 6 heteroatoms. The molecular formula is C14H12BrN3OS. The Morgan fingerprint density at radius 1 is 1.00 bits per heavy atom. The van der Waals surface area contributed by atoms with E-state index in [4.69, 9.17) is 17.4 Å². The average molecular weight is 350 g/mol. The number of halogens is 1. The van der Waals surface area contributed by atoms with Gasteiger partial charge in [0.05, 0.1) is 5.71 Å². The van der Waals surface area contributed by atoms with Gasteiger partial charge in [0.2, 0.25) is 5.11 Å². The van der Waals surface area contributed by atoms with E-state index >= 15 is 0 Å². The van der Waals surface area contributed by atoms with Crippen molar-refractivity contribution in [2.24, 2.45) is 5.10 Å². The molecule has 0 heterocycles. The van der Waals surface area contributed by atoms with Crippen LogP contribution < -0.4 is 10.9 Å². The van der Waals surface area contributed by atoms with Crippen LogP contribution in [0.2, 0.25) is 0 Å². The number of hydrogen-bond acceptors (Lipinski definition) is 3. The maximum Gasteiger partial charge on any atom is 0.211 e. The lowest BCUT2D eigenvalue weighted by atomic mass is 10.0. The monoisotopic (exact) mass is 349 g/mol. The van der Waals surface area contributed by atoms with Gasteiger partial charge in [-0.2, -0.15) is 5.10 Å². The quantitative estimate of drug-likeness (QED) is 0.452.